The summed E-state index contributed by atoms with van der Waals surface area (Å²) >= 11 is 0. The summed E-state index contributed by atoms with van der Waals surface area (Å²) in [7, 11) is -5.68. The van der Waals surface area contributed by atoms with Gasteiger partial charge in [-0.25, -0.2) is 0 Å². The van der Waals surface area contributed by atoms with Gasteiger partial charge in [-0.2, -0.15) is 0 Å². The van der Waals surface area contributed by atoms with Gasteiger partial charge in [0.2, 0.25) is 0 Å². The Morgan fingerprint density at radius 1 is 0.375 bits per heavy atom. The molecule has 1 aliphatic heterocycles. The van der Waals surface area contributed by atoms with Crippen molar-refractivity contribution < 1.29 is 56.3 Å². The zero-order chi connectivity index (χ0) is 30.9. The van der Waals surface area contributed by atoms with Crippen molar-refractivity contribution in [1.82, 2.24) is 0 Å². The van der Waals surface area contributed by atoms with E-state index in [1.54, 1.807) is 64.0 Å². The fourth-order valence-electron chi connectivity index (χ4n) is 5.15. The molecule has 1 aliphatic rings. The lowest BCUT2D eigenvalue weighted by Crippen LogP contribution is -2.67. The predicted octanol–water partition coefficient (Wildman–Crippen LogP) is 3.62. The fourth-order valence-corrected chi connectivity index (χ4v) is 37.9. The molecule has 0 aromatic carbocycles. The molecule has 40 heavy (non-hydrogen) atoms. The largest absolute Gasteiger partial charge is 0.500 e. The minimum absolute atomic E-state index is 0.523. The standard InChI is InChI=1S/C20H54O13Si7/c1-21-38(22-2,23-3)18-15-35(12)30-34(10,11)31-36(13,16-19-39(24-4,25-5)26-6)33-37(14,32-35)17-20-40(27-7,28-8)29-9/h15-20H2,1-14H3. The first-order chi connectivity index (χ1) is 18.5. The highest BCUT2D eigenvalue weighted by molar-refractivity contribution is 6.94. The Hall–Kier alpha value is 0.998. The molecule has 0 aliphatic carbocycles. The number of rotatable bonds is 18. The van der Waals surface area contributed by atoms with Crippen LogP contribution in [0.3, 0.4) is 0 Å². The number of hydrogen-bond donors (Lipinski definition) is 0. The maximum absolute atomic E-state index is 7.12. The van der Waals surface area contributed by atoms with E-state index in [-0.39, 0.29) is 0 Å². The summed E-state index contributed by atoms with van der Waals surface area (Å²) in [6.07, 6.45) is 0. The van der Waals surface area contributed by atoms with Crippen molar-refractivity contribution in [1.29, 1.82) is 0 Å². The Bertz CT molecular complexity index is 689. The van der Waals surface area contributed by atoms with E-state index in [2.05, 4.69) is 19.6 Å². The van der Waals surface area contributed by atoms with E-state index in [0.29, 0.717) is 36.3 Å². The van der Waals surface area contributed by atoms with Crippen LogP contribution in [0.4, 0.5) is 0 Å². The molecule has 0 N–H and O–H groups in total. The first-order valence-electron chi connectivity index (χ1n) is 13.3. The van der Waals surface area contributed by atoms with Crippen molar-refractivity contribution in [3.63, 3.8) is 0 Å². The van der Waals surface area contributed by atoms with E-state index >= 15 is 0 Å². The van der Waals surface area contributed by atoms with Crippen LogP contribution >= 0.6 is 0 Å². The molecule has 1 heterocycles. The maximum atomic E-state index is 7.12. The lowest BCUT2D eigenvalue weighted by Gasteiger charge is -2.50. The lowest BCUT2D eigenvalue weighted by atomic mass is 10.9. The molecular weight excluding hydrogens is 645 g/mol. The Kier molecular flexibility index (Phi) is 15.4. The van der Waals surface area contributed by atoms with Crippen LogP contribution in [0.1, 0.15) is 0 Å². The molecule has 13 nitrogen and oxygen atoms in total. The SMILES string of the molecule is CO[Si](CC[Si]1(C)O[Si](C)(C)O[Si](C)(CC[Si](OC)(OC)OC)O[Si](C)(CC[Si](OC)(OC)OC)O1)(OC)OC. The van der Waals surface area contributed by atoms with E-state index in [4.69, 9.17) is 56.3 Å². The summed E-state index contributed by atoms with van der Waals surface area (Å²) in [5.41, 5.74) is 0. The second kappa shape index (κ2) is 15.8. The van der Waals surface area contributed by atoms with Crippen molar-refractivity contribution >= 4 is 60.7 Å². The minimum atomic E-state index is -2.99. The van der Waals surface area contributed by atoms with Gasteiger partial charge >= 0.3 is 60.7 Å². The van der Waals surface area contributed by atoms with Crippen molar-refractivity contribution in [2.24, 2.45) is 0 Å². The Morgan fingerprint density at radius 2 is 0.575 bits per heavy atom. The minimum Gasteiger partial charge on any atom is -0.416 e. The van der Waals surface area contributed by atoms with Gasteiger partial charge in [0.1, 0.15) is 0 Å². The summed E-state index contributed by atoms with van der Waals surface area (Å²) in [5, 5.41) is 0. The summed E-state index contributed by atoms with van der Waals surface area (Å²) < 4.78 is 79.4. The smallest absolute Gasteiger partial charge is 0.416 e. The summed E-state index contributed by atoms with van der Waals surface area (Å²) in [4.78, 5) is 0. The molecule has 2 unspecified atom stereocenters. The molecular formula is C20H54O13Si7. The molecule has 0 spiro atoms. The van der Waals surface area contributed by atoms with Crippen LogP contribution in [0, 0.1) is 0 Å². The van der Waals surface area contributed by atoms with Gasteiger partial charge in [0, 0.05) is 82.1 Å². The van der Waals surface area contributed by atoms with E-state index in [0.717, 1.165) is 0 Å². The molecule has 1 saturated heterocycles. The molecule has 1 fully saturated rings. The molecule has 1 rings (SSSR count). The zero-order valence-corrected chi connectivity index (χ0v) is 34.0. The third-order valence-corrected chi connectivity index (χ3v) is 34.7. The van der Waals surface area contributed by atoms with Gasteiger partial charge in [-0.05, 0) is 50.9 Å². The normalized spacial score (nSPS) is 28.4. The Morgan fingerprint density at radius 3 is 0.775 bits per heavy atom. The van der Waals surface area contributed by atoms with Crippen LogP contribution in [0.25, 0.3) is 0 Å². The van der Waals surface area contributed by atoms with Gasteiger partial charge < -0.3 is 56.3 Å². The van der Waals surface area contributed by atoms with Crippen LogP contribution in [0.2, 0.25) is 69.0 Å². The second-order valence-corrected chi connectivity index (χ2v) is 34.2. The van der Waals surface area contributed by atoms with Crippen molar-refractivity contribution in [2.75, 3.05) is 64.0 Å². The van der Waals surface area contributed by atoms with Gasteiger partial charge in [0.25, 0.3) is 0 Å². The molecule has 0 radical (unpaired) electrons. The predicted molar refractivity (Wildman–Crippen MR) is 166 cm³/mol. The number of hydrogen-bond acceptors (Lipinski definition) is 13. The van der Waals surface area contributed by atoms with Gasteiger partial charge in [0.05, 0.1) is 0 Å². The van der Waals surface area contributed by atoms with Crippen LogP contribution in [-0.2, 0) is 56.3 Å². The van der Waals surface area contributed by atoms with Gasteiger partial charge in [0.15, 0.2) is 0 Å². The average Bonchev–Trinajstić information content (AvgIpc) is 2.90. The second-order valence-electron chi connectivity index (χ2n) is 10.6. The molecule has 0 saturated carbocycles. The molecule has 0 aromatic rings. The van der Waals surface area contributed by atoms with Crippen LogP contribution in [0.15, 0.2) is 0 Å². The fraction of sp³-hybridized carbons (Fsp3) is 1.00. The molecule has 20 heteroatoms. The summed E-state index contributed by atoms with van der Waals surface area (Å²) in [6, 6.07) is 3.35. The van der Waals surface area contributed by atoms with Crippen LogP contribution in [0.5, 0.6) is 0 Å². The monoisotopic (exact) mass is 698 g/mol. The first kappa shape index (κ1) is 39.0. The van der Waals surface area contributed by atoms with E-state index in [1.807, 2.05) is 13.1 Å². The van der Waals surface area contributed by atoms with Crippen LogP contribution in [-0.4, -0.2) is 125 Å². The molecule has 0 aromatic heterocycles. The molecule has 2 atom stereocenters. The highest BCUT2D eigenvalue weighted by atomic mass is 28.5. The van der Waals surface area contributed by atoms with Gasteiger partial charge in [-0.1, -0.05) is 0 Å². The third kappa shape index (κ3) is 10.6. The molecule has 240 valence electrons. The zero-order valence-electron chi connectivity index (χ0n) is 27.0. The topological polar surface area (TPSA) is 120 Å². The molecule has 0 amide bonds. The van der Waals surface area contributed by atoms with Crippen LogP contribution < -0.4 is 0 Å². The van der Waals surface area contributed by atoms with Crippen molar-refractivity contribution in [3.05, 3.63) is 0 Å². The molecule has 0 bridgehead atoms. The lowest BCUT2D eigenvalue weighted by molar-refractivity contribution is 0.123. The third-order valence-electron chi connectivity index (χ3n) is 7.24. The van der Waals surface area contributed by atoms with E-state index < -0.39 is 60.7 Å². The Balaban J connectivity index is 3.48. The van der Waals surface area contributed by atoms with E-state index in [1.165, 1.54) is 0 Å². The highest BCUT2D eigenvalue weighted by Gasteiger charge is 2.58. The maximum Gasteiger partial charge on any atom is 0.500 e. The quantitative estimate of drug-likeness (QED) is 0.194. The van der Waals surface area contributed by atoms with E-state index in [9.17, 15) is 0 Å². The summed E-state index contributed by atoms with van der Waals surface area (Å²) in [5.74, 6) is 0. The van der Waals surface area contributed by atoms with Crippen molar-refractivity contribution in [2.45, 2.75) is 69.0 Å². The average molecular weight is 699 g/mol. The Labute approximate surface area is 249 Å². The van der Waals surface area contributed by atoms with Gasteiger partial charge in [-0.3, -0.25) is 0 Å². The van der Waals surface area contributed by atoms with Gasteiger partial charge in [-0.15, -0.1) is 0 Å². The highest BCUT2D eigenvalue weighted by Crippen LogP contribution is 2.39. The van der Waals surface area contributed by atoms with Crippen molar-refractivity contribution in [3.8, 4) is 0 Å². The summed E-state index contributed by atoms with van der Waals surface area (Å²) in [6.45, 7) is 10.3. The first-order valence-corrected chi connectivity index (χ1v) is 29.4.